The summed E-state index contributed by atoms with van der Waals surface area (Å²) in [6, 6.07) is 15.4. The molecule has 2 aliphatic heterocycles. The number of hydrazone groups is 1. The minimum Gasteiger partial charge on any atom is -0.378 e. The van der Waals surface area contributed by atoms with Gasteiger partial charge in [-0.25, -0.2) is 5.01 Å². The Morgan fingerprint density at radius 1 is 1.09 bits per heavy atom. The molecule has 2 aromatic carbocycles. The van der Waals surface area contributed by atoms with Crippen molar-refractivity contribution in [3.63, 3.8) is 0 Å². The lowest BCUT2D eigenvalue weighted by atomic mass is 9.82. The van der Waals surface area contributed by atoms with Crippen LogP contribution in [0.5, 0.6) is 0 Å². The van der Waals surface area contributed by atoms with E-state index in [9.17, 15) is 9.59 Å². The Hall–Kier alpha value is -3.61. The largest absolute Gasteiger partial charge is 0.378 e. The molecular weight excluding hydrogens is 402 g/mol. The molecule has 164 valence electrons. The molecule has 1 N–H and O–H groups in total. The van der Waals surface area contributed by atoms with Crippen LogP contribution >= 0.6 is 0 Å². The number of nitrogens with one attached hydrogen (secondary N) is 1. The second-order valence-electron chi connectivity index (χ2n) is 9.19. The smallest absolute Gasteiger partial charge is 0.266 e. The molecule has 1 aromatic heterocycles. The predicted molar refractivity (Wildman–Crippen MR) is 126 cm³/mol. The van der Waals surface area contributed by atoms with Crippen molar-refractivity contribution >= 4 is 34.6 Å². The first-order chi connectivity index (χ1) is 15.3. The second kappa shape index (κ2) is 7.22. The number of benzene rings is 2. The molecule has 7 nitrogen and oxygen atoms in total. The van der Waals surface area contributed by atoms with Crippen LogP contribution in [0.2, 0.25) is 0 Å². The fourth-order valence-electron chi connectivity index (χ4n) is 4.96. The van der Waals surface area contributed by atoms with E-state index in [0.29, 0.717) is 6.42 Å². The van der Waals surface area contributed by atoms with Crippen molar-refractivity contribution in [3.05, 3.63) is 65.4 Å². The van der Waals surface area contributed by atoms with Gasteiger partial charge in [-0.3, -0.25) is 9.59 Å². The van der Waals surface area contributed by atoms with E-state index in [0.717, 1.165) is 33.4 Å². The molecule has 2 amide bonds. The van der Waals surface area contributed by atoms with Gasteiger partial charge in [0.05, 0.1) is 11.8 Å². The third kappa shape index (κ3) is 3.07. The van der Waals surface area contributed by atoms with Crippen LogP contribution in [0.15, 0.2) is 53.6 Å². The maximum Gasteiger partial charge on any atom is 0.266 e. The SMILES string of the molecule is CN(C)c1ccc(/C=N/N2CC(=O)N3[C@@H](Cc4c([nH]c5ccccc45)C3(C)C)C2=O)cc1. The summed E-state index contributed by atoms with van der Waals surface area (Å²) < 4.78 is 0. The summed E-state index contributed by atoms with van der Waals surface area (Å²) >= 11 is 0. The molecule has 0 radical (unpaired) electrons. The molecule has 2 aliphatic rings. The topological polar surface area (TPSA) is 72.0 Å². The third-order valence-corrected chi connectivity index (χ3v) is 6.59. The molecule has 0 aliphatic carbocycles. The summed E-state index contributed by atoms with van der Waals surface area (Å²) in [4.78, 5) is 33.9. The van der Waals surface area contributed by atoms with Gasteiger partial charge in [0, 0.05) is 42.8 Å². The lowest BCUT2D eigenvalue weighted by Crippen LogP contribution is -2.66. The Bertz CT molecular complexity index is 1240. The van der Waals surface area contributed by atoms with Gasteiger partial charge in [-0.05, 0) is 43.2 Å². The average molecular weight is 430 g/mol. The van der Waals surface area contributed by atoms with Crippen molar-refractivity contribution in [2.45, 2.75) is 31.8 Å². The lowest BCUT2D eigenvalue weighted by Gasteiger charge is -2.50. The van der Waals surface area contributed by atoms with Crippen molar-refractivity contribution < 1.29 is 9.59 Å². The van der Waals surface area contributed by atoms with E-state index in [1.54, 1.807) is 11.1 Å². The van der Waals surface area contributed by atoms with Crippen molar-refractivity contribution in [3.8, 4) is 0 Å². The molecule has 0 unspecified atom stereocenters. The van der Waals surface area contributed by atoms with Crippen LogP contribution in [0.4, 0.5) is 5.69 Å². The number of aromatic amines is 1. The van der Waals surface area contributed by atoms with E-state index in [4.69, 9.17) is 0 Å². The molecule has 3 aromatic rings. The first-order valence-corrected chi connectivity index (χ1v) is 10.8. The number of amides is 2. The van der Waals surface area contributed by atoms with Crippen molar-refractivity contribution in [1.82, 2.24) is 14.9 Å². The Morgan fingerprint density at radius 2 is 1.81 bits per heavy atom. The molecule has 3 heterocycles. The molecule has 0 spiro atoms. The summed E-state index contributed by atoms with van der Waals surface area (Å²) in [7, 11) is 3.97. The van der Waals surface area contributed by atoms with Gasteiger partial charge in [0.25, 0.3) is 5.91 Å². The van der Waals surface area contributed by atoms with Crippen LogP contribution in [0.1, 0.15) is 30.7 Å². The van der Waals surface area contributed by atoms with Crippen molar-refractivity contribution in [2.75, 3.05) is 25.5 Å². The van der Waals surface area contributed by atoms with Crippen LogP contribution in [0.25, 0.3) is 10.9 Å². The molecule has 7 heteroatoms. The predicted octanol–water partition coefficient (Wildman–Crippen LogP) is 3.10. The highest BCUT2D eigenvalue weighted by atomic mass is 16.2. The minimum atomic E-state index is -0.609. The molecule has 1 saturated heterocycles. The summed E-state index contributed by atoms with van der Waals surface area (Å²) in [5.41, 5.74) is 4.50. The summed E-state index contributed by atoms with van der Waals surface area (Å²) in [5, 5.41) is 6.82. The normalized spacial score (nSPS) is 20.1. The highest BCUT2D eigenvalue weighted by molar-refractivity contribution is 5.98. The van der Waals surface area contributed by atoms with E-state index < -0.39 is 11.6 Å². The van der Waals surface area contributed by atoms with Gasteiger partial charge in [0.2, 0.25) is 5.91 Å². The van der Waals surface area contributed by atoms with Crippen LogP contribution in [-0.2, 0) is 21.5 Å². The molecule has 5 rings (SSSR count). The monoisotopic (exact) mass is 429 g/mol. The number of hydrogen-bond donors (Lipinski definition) is 1. The number of carbonyl (C=O) groups excluding carboxylic acids is 2. The van der Waals surface area contributed by atoms with Crippen LogP contribution in [0.3, 0.4) is 0 Å². The zero-order valence-corrected chi connectivity index (χ0v) is 18.8. The molecular formula is C25H27N5O2. The summed E-state index contributed by atoms with van der Waals surface area (Å²) in [6.45, 7) is 3.95. The number of fused-ring (bicyclic) bond motifs is 4. The van der Waals surface area contributed by atoms with E-state index >= 15 is 0 Å². The number of H-pyrrole nitrogens is 1. The van der Waals surface area contributed by atoms with Gasteiger partial charge < -0.3 is 14.8 Å². The summed E-state index contributed by atoms with van der Waals surface area (Å²) in [5.74, 6) is -0.237. The molecule has 0 saturated carbocycles. The van der Waals surface area contributed by atoms with E-state index in [1.165, 1.54) is 5.01 Å². The zero-order chi connectivity index (χ0) is 22.6. The van der Waals surface area contributed by atoms with Crippen molar-refractivity contribution in [1.29, 1.82) is 0 Å². The van der Waals surface area contributed by atoms with Gasteiger partial charge in [0.15, 0.2) is 0 Å². The number of nitrogens with zero attached hydrogens (tertiary/aromatic N) is 4. The third-order valence-electron chi connectivity index (χ3n) is 6.59. The molecule has 1 atom stereocenters. The number of para-hydroxylation sites is 1. The first-order valence-electron chi connectivity index (χ1n) is 10.8. The fourth-order valence-corrected chi connectivity index (χ4v) is 4.96. The van der Waals surface area contributed by atoms with Crippen molar-refractivity contribution in [2.24, 2.45) is 5.10 Å². The highest BCUT2D eigenvalue weighted by Gasteiger charge is 2.51. The summed E-state index contributed by atoms with van der Waals surface area (Å²) in [6.07, 6.45) is 2.13. The Morgan fingerprint density at radius 3 is 2.53 bits per heavy atom. The van der Waals surface area contributed by atoms with Gasteiger partial charge in [-0.15, -0.1) is 0 Å². The average Bonchev–Trinajstić information content (AvgIpc) is 3.15. The second-order valence-corrected chi connectivity index (χ2v) is 9.19. The van der Waals surface area contributed by atoms with Gasteiger partial charge in [-0.1, -0.05) is 30.3 Å². The number of hydrogen-bond acceptors (Lipinski definition) is 4. The van der Waals surface area contributed by atoms with E-state index in [2.05, 4.69) is 16.2 Å². The Balaban J connectivity index is 1.46. The molecule has 1 fully saturated rings. The van der Waals surface area contributed by atoms with E-state index in [-0.39, 0.29) is 18.4 Å². The van der Waals surface area contributed by atoms with Crippen LogP contribution in [-0.4, -0.2) is 59.6 Å². The lowest BCUT2D eigenvalue weighted by molar-refractivity contribution is -0.163. The van der Waals surface area contributed by atoms with Crippen LogP contribution in [0, 0.1) is 0 Å². The quantitative estimate of drug-likeness (QED) is 0.651. The molecule has 32 heavy (non-hydrogen) atoms. The molecule has 0 bridgehead atoms. The first kappa shape index (κ1) is 20.3. The number of carbonyl (C=O) groups is 2. The van der Waals surface area contributed by atoms with Gasteiger partial charge in [0.1, 0.15) is 12.6 Å². The highest BCUT2D eigenvalue weighted by Crippen LogP contribution is 2.42. The Labute approximate surface area is 187 Å². The number of anilines is 1. The minimum absolute atomic E-state index is 0.0550. The fraction of sp³-hybridized carbons (Fsp3) is 0.320. The van der Waals surface area contributed by atoms with Gasteiger partial charge >= 0.3 is 0 Å². The van der Waals surface area contributed by atoms with Crippen LogP contribution < -0.4 is 4.90 Å². The Kier molecular flexibility index (Phi) is 4.58. The number of aromatic nitrogens is 1. The van der Waals surface area contributed by atoms with E-state index in [1.807, 2.05) is 75.3 Å². The maximum absolute atomic E-state index is 13.4. The zero-order valence-electron chi connectivity index (χ0n) is 18.8. The number of piperazine rings is 1. The van der Waals surface area contributed by atoms with Gasteiger partial charge in [-0.2, -0.15) is 5.10 Å². The standard InChI is InChI=1S/C25H27N5O2/c1-25(2)23-19(18-7-5-6-8-20(18)27-23)13-21-24(32)29(15-22(31)30(21)25)26-14-16-9-11-17(12-10-16)28(3)4/h5-12,14,21,27H,13,15H2,1-4H3/b26-14+/t21-/m0/s1. The maximum atomic E-state index is 13.4. The number of rotatable bonds is 3.